The van der Waals surface area contributed by atoms with Crippen LogP contribution in [-0.4, -0.2) is 31.9 Å². The number of hydrogen-bond donors (Lipinski definition) is 2. The summed E-state index contributed by atoms with van der Waals surface area (Å²) in [6.07, 6.45) is -1.66. The second kappa shape index (κ2) is 6.52. The SMILES string of the molecule is C=CC(=O)OC(O[SH](=O)=O)C(O)CC. The summed E-state index contributed by atoms with van der Waals surface area (Å²) in [5.41, 5.74) is 0. The van der Waals surface area contributed by atoms with Gasteiger partial charge in [-0.25, -0.2) is 17.4 Å². The highest BCUT2D eigenvalue weighted by atomic mass is 32.2. The number of aliphatic hydroxyl groups is 1. The van der Waals surface area contributed by atoms with Gasteiger partial charge in [-0.15, -0.1) is 0 Å². The van der Waals surface area contributed by atoms with Crippen LogP contribution in [0.5, 0.6) is 0 Å². The first-order chi connectivity index (χ1) is 6.51. The molecule has 0 aliphatic carbocycles. The van der Waals surface area contributed by atoms with Gasteiger partial charge in [0, 0.05) is 6.08 Å². The Morgan fingerprint density at radius 3 is 2.57 bits per heavy atom. The van der Waals surface area contributed by atoms with Gasteiger partial charge in [-0.2, -0.15) is 0 Å². The monoisotopic (exact) mass is 224 g/mol. The molecule has 1 N–H and O–H groups in total. The van der Waals surface area contributed by atoms with Crippen molar-refractivity contribution in [2.75, 3.05) is 0 Å². The Morgan fingerprint density at radius 1 is 1.64 bits per heavy atom. The molecule has 2 unspecified atom stereocenters. The molecule has 82 valence electrons. The van der Waals surface area contributed by atoms with Crippen molar-refractivity contribution >= 4 is 17.0 Å². The van der Waals surface area contributed by atoms with E-state index < -0.39 is 29.3 Å². The average molecular weight is 224 g/mol. The zero-order valence-electron chi connectivity index (χ0n) is 7.58. The molecule has 0 aliphatic rings. The summed E-state index contributed by atoms with van der Waals surface area (Å²) in [6.45, 7) is 4.70. The van der Waals surface area contributed by atoms with Crippen molar-refractivity contribution in [2.45, 2.75) is 25.7 Å². The van der Waals surface area contributed by atoms with Gasteiger partial charge in [-0.05, 0) is 6.42 Å². The van der Waals surface area contributed by atoms with E-state index in [-0.39, 0.29) is 6.42 Å². The van der Waals surface area contributed by atoms with Gasteiger partial charge in [0.15, 0.2) is 0 Å². The molecule has 0 heterocycles. The predicted molar refractivity (Wildman–Crippen MR) is 47.8 cm³/mol. The fraction of sp³-hybridized carbons (Fsp3) is 0.571. The molecule has 0 amide bonds. The first kappa shape index (κ1) is 13.1. The number of hydrogen-bond acceptors (Lipinski definition) is 6. The third-order valence-corrected chi connectivity index (χ3v) is 1.70. The minimum atomic E-state index is -3.19. The zero-order valence-corrected chi connectivity index (χ0v) is 8.48. The van der Waals surface area contributed by atoms with E-state index in [4.69, 9.17) is 0 Å². The lowest BCUT2D eigenvalue weighted by molar-refractivity contribution is -0.172. The molecule has 0 radical (unpaired) electrons. The fourth-order valence-corrected chi connectivity index (χ4v) is 0.963. The van der Waals surface area contributed by atoms with E-state index in [9.17, 15) is 18.3 Å². The lowest BCUT2D eigenvalue weighted by Crippen LogP contribution is -2.32. The molecule has 0 rings (SSSR count). The van der Waals surface area contributed by atoms with Crippen LogP contribution in [0.3, 0.4) is 0 Å². The highest BCUT2D eigenvalue weighted by molar-refractivity contribution is 7.67. The maximum absolute atomic E-state index is 10.7. The summed E-state index contributed by atoms with van der Waals surface area (Å²) in [6, 6.07) is 0. The number of thiol groups is 1. The van der Waals surface area contributed by atoms with Crippen molar-refractivity contribution in [3.63, 3.8) is 0 Å². The Labute approximate surface area is 83.3 Å². The molecule has 0 saturated carbocycles. The van der Waals surface area contributed by atoms with Crippen molar-refractivity contribution < 1.29 is 27.2 Å². The van der Waals surface area contributed by atoms with Crippen LogP contribution in [0.2, 0.25) is 0 Å². The van der Waals surface area contributed by atoms with Crippen LogP contribution in [-0.2, 0) is 24.7 Å². The molecular weight excluding hydrogens is 212 g/mol. The van der Waals surface area contributed by atoms with Crippen LogP contribution in [0.1, 0.15) is 13.3 Å². The van der Waals surface area contributed by atoms with Crippen LogP contribution >= 0.6 is 0 Å². The van der Waals surface area contributed by atoms with Crippen molar-refractivity contribution in [1.29, 1.82) is 0 Å². The van der Waals surface area contributed by atoms with Gasteiger partial charge >= 0.3 is 5.97 Å². The van der Waals surface area contributed by atoms with Crippen LogP contribution in [0.4, 0.5) is 0 Å². The van der Waals surface area contributed by atoms with E-state index >= 15 is 0 Å². The molecule has 0 spiro atoms. The summed E-state index contributed by atoms with van der Waals surface area (Å²) in [4.78, 5) is 10.7. The zero-order chi connectivity index (χ0) is 11.1. The number of esters is 1. The molecule has 14 heavy (non-hydrogen) atoms. The van der Waals surface area contributed by atoms with E-state index in [1.165, 1.54) is 0 Å². The van der Waals surface area contributed by atoms with E-state index in [2.05, 4.69) is 15.5 Å². The Kier molecular flexibility index (Phi) is 6.09. The Balaban J connectivity index is 4.38. The third kappa shape index (κ3) is 4.95. The number of rotatable bonds is 6. The summed E-state index contributed by atoms with van der Waals surface area (Å²) >= 11 is 0. The van der Waals surface area contributed by atoms with Gasteiger partial charge in [0.2, 0.25) is 6.29 Å². The summed E-state index contributed by atoms with van der Waals surface area (Å²) < 4.78 is 29.0. The highest BCUT2D eigenvalue weighted by Gasteiger charge is 2.22. The summed E-state index contributed by atoms with van der Waals surface area (Å²) in [5, 5.41) is 9.21. The lowest BCUT2D eigenvalue weighted by atomic mass is 10.3. The van der Waals surface area contributed by atoms with Crippen molar-refractivity contribution in [1.82, 2.24) is 0 Å². The largest absolute Gasteiger partial charge is 0.428 e. The van der Waals surface area contributed by atoms with Crippen LogP contribution in [0.15, 0.2) is 12.7 Å². The van der Waals surface area contributed by atoms with E-state index in [1.54, 1.807) is 6.92 Å². The van der Waals surface area contributed by atoms with Crippen molar-refractivity contribution in [3.8, 4) is 0 Å². The first-order valence-electron chi connectivity index (χ1n) is 3.83. The van der Waals surface area contributed by atoms with Crippen LogP contribution in [0, 0.1) is 0 Å². The molecule has 0 aromatic carbocycles. The number of carbonyl (C=O) groups excluding carboxylic acids is 1. The Morgan fingerprint density at radius 2 is 2.21 bits per heavy atom. The fourth-order valence-electron chi connectivity index (χ4n) is 0.610. The first-order valence-corrected chi connectivity index (χ1v) is 4.93. The third-order valence-electron chi connectivity index (χ3n) is 1.32. The van der Waals surface area contributed by atoms with Crippen LogP contribution in [0.25, 0.3) is 0 Å². The van der Waals surface area contributed by atoms with Crippen LogP contribution < -0.4 is 0 Å². The van der Waals surface area contributed by atoms with Crippen molar-refractivity contribution in [2.24, 2.45) is 0 Å². The molecular formula is C7H12O6S. The minimum absolute atomic E-state index is 0.193. The van der Waals surface area contributed by atoms with Gasteiger partial charge in [-0.1, -0.05) is 13.5 Å². The quantitative estimate of drug-likeness (QED) is 0.270. The maximum atomic E-state index is 10.7. The van der Waals surface area contributed by atoms with Gasteiger partial charge in [0.1, 0.15) is 6.10 Å². The normalized spacial score (nSPS) is 14.8. The maximum Gasteiger partial charge on any atom is 0.332 e. The number of ether oxygens (including phenoxy) is 1. The number of carbonyl (C=O) groups is 1. The molecule has 0 aromatic rings. The molecule has 0 fully saturated rings. The molecule has 0 bridgehead atoms. The topological polar surface area (TPSA) is 89.9 Å². The van der Waals surface area contributed by atoms with E-state index in [1.807, 2.05) is 0 Å². The van der Waals surface area contributed by atoms with E-state index in [0.29, 0.717) is 0 Å². The lowest BCUT2D eigenvalue weighted by Gasteiger charge is -2.18. The van der Waals surface area contributed by atoms with Crippen molar-refractivity contribution in [3.05, 3.63) is 12.7 Å². The highest BCUT2D eigenvalue weighted by Crippen LogP contribution is 2.06. The molecule has 0 saturated heterocycles. The number of aliphatic hydroxyl groups excluding tert-OH is 1. The smallest absolute Gasteiger partial charge is 0.332 e. The molecule has 0 aliphatic heterocycles. The minimum Gasteiger partial charge on any atom is -0.428 e. The molecule has 6 nitrogen and oxygen atoms in total. The summed E-state index contributed by atoms with van der Waals surface area (Å²) in [7, 11) is -3.19. The second-order valence-corrected chi connectivity index (χ2v) is 2.97. The predicted octanol–water partition coefficient (Wildman–Crippen LogP) is -0.644. The second-order valence-electron chi connectivity index (χ2n) is 2.31. The van der Waals surface area contributed by atoms with Gasteiger partial charge in [0.05, 0.1) is 0 Å². The van der Waals surface area contributed by atoms with Gasteiger partial charge in [0.25, 0.3) is 11.0 Å². The Hall–Kier alpha value is -0.920. The molecule has 0 aromatic heterocycles. The molecule has 7 heteroatoms. The van der Waals surface area contributed by atoms with E-state index in [0.717, 1.165) is 6.08 Å². The van der Waals surface area contributed by atoms with Gasteiger partial charge in [-0.3, -0.25) is 0 Å². The molecule has 2 atom stereocenters. The summed E-state index contributed by atoms with van der Waals surface area (Å²) in [5.74, 6) is -0.862. The Bertz CT molecular complexity index is 263. The average Bonchev–Trinajstić information content (AvgIpc) is 2.14. The standard InChI is InChI=1S/C7H12O6S/c1-3-5(8)7(13-14(10)11)12-6(9)4-2/h4-5,7-8,14H,2-3H2,1H3. The van der Waals surface area contributed by atoms with Gasteiger partial charge < -0.3 is 9.84 Å².